The molecule has 1 heterocycles. The minimum atomic E-state index is -0.124. The van der Waals surface area contributed by atoms with Crippen LogP contribution in [0.15, 0.2) is 28.9 Å². The number of hydrogen-bond donors (Lipinski definition) is 1. The lowest BCUT2D eigenvalue weighted by Crippen LogP contribution is -2.04. The monoisotopic (exact) mass is 296 g/mol. The van der Waals surface area contributed by atoms with Gasteiger partial charge in [-0.15, -0.1) is 5.10 Å². The van der Waals surface area contributed by atoms with Crippen LogP contribution in [0.1, 0.15) is 18.7 Å². The van der Waals surface area contributed by atoms with Crippen LogP contribution in [0.25, 0.3) is 5.69 Å². The normalized spacial score (nSPS) is 12.5. The number of ether oxygens (including phenoxy) is 1. The molecule has 2 N–H and O–H groups in total. The minimum Gasteiger partial charge on any atom is -0.495 e. The summed E-state index contributed by atoms with van der Waals surface area (Å²) in [6, 6.07) is 5.58. The van der Waals surface area contributed by atoms with Gasteiger partial charge in [0.2, 0.25) is 0 Å². The van der Waals surface area contributed by atoms with Gasteiger partial charge in [0.25, 0.3) is 0 Å². The standard InChI is InChI=1S/C11H13BrN4O/c1-7(13)10-6-16(15-14-10)8-3-4-9(12)11(5-8)17-2/h3-7H,13H2,1-2H3. The average molecular weight is 297 g/mol. The Morgan fingerprint density at radius 3 is 2.82 bits per heavy atom. The van der Waals surface area contributed by atoms with E-state index in [2.05, 4.69) is 26.2 Å². The smallest absolute Gasteiger partial charge is 0.135 e. The van der Waals surface area contributed by atoms with Crippen LogP contribution in [0.2, 0.25) is 0 Å². The lowest BCUT2D eigenvalue weighted by molar-refractivity contribution is 0.412. The van der Waals surface area contributed by atoms with Crippen LogP contribution in [0.5, 0.6) is 5.75 Å². The van der Waals surface area contributed by atoms with E-state index in [4.69, 9.17) is 10.5 Å². The summed E-state index contributed by atoms with van der Waals surface area (Å²) in [7, 11) is 1.62. The van der Waals surface area contributed by atoms with E-state index >= 15 is 0 Å². The molecule has 0 aliphatic heterocycles. The molecule has 1 aromatic heterocycles. The van der Waals surface area contributed by atoms with Crippen LogP contribution in [-0.4, -0.2) is 22.1 Å². The molecule has 1 unspecified atom stereocenters. The van der Waals surface area contributed by atoms with Crippen LogP contribution in [0.3, 0.4) is 0 Å². The number of nitrogens with zero attached hydrogens (tertiary/aromatic N) is 3. The molecule has 0 amide bonds. The second kappa shape index (κ2) is 4.85. The Morgan fingerprint density at radius 1 is 1.47 bits per heavy atom. The topological polar surface area (TPSA) is 66.0 Å². The molecule has 0 aliphatic carbocycles. The zero-order chi connectivity index (χ0) is 12.4. The second-order valence-corrected chi connectivity index (χ2v) is 4.55. The van der Waals surface area contributed by atoms with Crippen LogP contribution < -0.4 is 10.5 Å². The molecule has 0 saturated heterocycles. The molecule has 2 aromatic rings. The fourth-order valence-electron chi connectivity index (χ4n) is 1.40. The summed E-state index contributed by atoms with van der Waals surface area (Å²) in [4.78, 5) is 0. The van der Waals surface area contributed by atoms with Crippen molar-refractivity contribution in [2.45, 2.75) is 13.0 Å². The Bertz CT molecular complexity index is 524. The van der Waals surface area contributed by atoms with Crippen LogP contribution in [0, 0.1) is 0 Å². The number of hydrogen-bond acceptors (Lipinski definition) is 4. The summed E-state index contributed by atoms with van der Waals surface area (Å²) >= 11 is 3.40. The van der Waals surface area contributed by atoms with Crippen molar-refractivity contribution in [1.29, 1.82) is 0 Å². The van der Waals surface area contributed by atoms with Crippen molar-refractivity contribution in [2.75, 3.05) is 7.11 Å². The molecule has 0 saturated carbocycles. The summed E-state index contributed by atoms with van der Waals surface area (Å²) < 4.78 is 7.80. The number of methoxy groups -OCH3 is 1. The first-order valence-electron chi connectivity index (χ1n) is 5.13. The first-order valence-corrected chi connectivity index (χ1v) is 5.93. The Morgan fingerprint density at radius 2 is 2.24 bits per heavy atom. The number of benzene rings is 1. The molecular weight excluding hydrogens is 284 g/mol. The molecule has 1 atom stereocenters. The number of aromatic nitrogens is 3. The highest BCUT2D eigenvalue weighted by atomic mass is 79.9. The third-order valence-corrected chi connectivity index (χ3v) is 3.03. The van der Waals surface area contributed by atoms with Crippen molar-refractivity contribution in [3.8, 4) is 11.4 Å². The van der Waals surface area contributed by atoms with E-state index in [1.54, 1.807) is 11.8 Å². The van der Waals surface area contributed by atoms with Crippen LogP contribution in [-0.2, 0) is 0 Å². The van der Waals surface area contributed by atoms with Gasteiger partial charge in [-0.2, -0.15) is 0 Å². The fourth-order valence-corrected chi connectivity index (χ4v) is 1.81. The first-order chi connectivity index (χ1) is 8.11. The molecule has 90 valence electrons. The van der Waals surface area contributed by atoms with Crippen molar-refractivity contribution in [3.63, 3.8) is 0 Å². The predicted octanol–water partition coefficient (Wildman–Crippen LogP) is 2.06. The van der Waals surface area contributed by atoms with E-state index < -0.39 is 0 Å². The Balaban J connectivity index is 2.38. The summed E-state index contributed by atoms with van der Waals surface area (Å²) in [6.45, 7) is 1.87. The molecule has 17 heavy (non-hydrogen) atoms. The van der Waals surface area contributed by atoms with Crippen molar-refractivity contribution in [2.24, 2.45) is 5.73 Å². The number of halogens is 1. The van der Waals surface area contributed by atoms with Gasteiger partial charge in [0.1, 0.15) is 5.75 Å². The van der Waals surface area contributed by atoms with Gasteiger partial charge in [0.05, 0.1) is 29.2 Å². The SMILES string of the molecule is COc1cc(-n2cc(C(C)N)nn2)ccc1Br. The summed E-state index contributed by atoms with van der Waals surface area (Å²) in [6.07, 6.45) is 1.81. The predicted molar refractivity (Wildman–Crippen MR) is 68.2 cm³/mol. The Labute approximate surface area is 108 Å². The molecule has 0 fully saturated rings. The maximum absolute atomic E-state index is 5.74. The summed E-state index contributed by atoms with van der Waals surface area (Å²) in [5.41, 5.74) is 7.37. The molecule has 0 bridgehead atoms. The quantitative estimate of drug-likeness (QED) is 0.941. The molecule has 5 nitrogen and oxygen atoms in total. The van der Waals surface area contributed by atoms with Gasteiger partial charge in [-0.25, -0.2) is 4.68 Å². The molecular formula is C11H13BrN4O. The Kier molecular flexibility index (Phi) is 3.44. The van der Waals surface area contributed by atoms with E-state index in [1.807, 2.05) is 31.3 Å². The summed E-state index contributed by atoms with van der Waals surface area (Å²) in [5.74, 6) is 0.750. The highest BCUT2D eigenvalue weighted by Crippen LogP contribution is 2.27. The zero-order valence-corrected chi connectivity index (χ0v) is 11.2. The lowest BCUT2D eigenvalue weighted by Gasteiger charge is -2.06. The van der Waals surface area contributed by atoms with Crippen molar-refractivity contribution < 1.29 is 4.74 Å². The van der Waals surface area contributed by atoms with Crippen LogP contribution in [0.4, 0.5) is 0 Å². The number of nitrogens with two attached hydrogens (primary N) is 1. The highest BCUT2D eigenvalue weighted by Gasteiger charge is 2.08. The van der Waals surface area contributed by atoms with E-state index in [0.717, 1.165) is 21.6 Å². The van der Waals surface area contributed by atoms with Gasteiger partial charge in [0.15, 0.2) is 0 Å². The summed E-state index contributed by atoms with van der Waals surface area (Å²) in [5, 5.41) is 8.03. The van der Waals surface area contributed by atoms with Gasteiger partial charge < -0.3 is 10.5 Å². The van der Waals surface area contributed by atoms with Gasteiger partial charge in [-0.1, -0.05) is 5.21 Å². The molecule has 0 spiro atoms. The molecule has 2 rings (SSSR count). The van der Waals surface area contributed by atoms with Gasteiger partial charge in [-0.05, 0) is 35.0 Å². The van der Waals surface area contributed by atoms with Crippen molar-refractivity contribution >= 4 is 15.9 Å². The van der Waals surface area contributed by atoms with E-state index in [9.17, 15) is 0 Å². The minimum absolute atomic E-state index is 0.124. The van der Waals surface area contributed by atoms with Gasteiger partial charge in [0, 0.05) is 12.1 Å². The number of rotatable bonds is 3. The lowest BCUT2D eigenvalue weighted by atomic mass is 10.3. The zero-order valence-electron chi connectivity index (χ0n) is 9.59. The Hall–Kier alpha value is -1.40. The second-order valence-electron chi connectivity index (χ2n) is 3.70. The molecule has 0 aliphatic rings. The average Bonchev–Trinajstić information content (AvgIpc) is 2.79. The molecule has 1 aromatic carbocycles. The molecule has 0 radical (unpaired) electrons. The van der Waals surface area contributed by atoms with Crippen molar-refractivity contribution in [1.82, 2.24) is 15.0 Å². The fraction of sp³-hybridized carbons (Fsp3) is 0.273. The van der Waals surface area contributed by atoms with E-state index in [0.29, 0.717) is 0 Å². The van der Waals surface area contributed by atoms with Crippen molar-refractivity contribution in [3.05, 3.63) is 34.6 Å². The van der Waals surface area contributed by atoms with E-state index in [1.165, 1.54) is 0 Å². The molecule has 6 heteroatoms. The highest BCUT2D eigenvalue weighted by molar-refractivity contribution is 9.10. The maximum Gasteiger partial charge on any atom is 0.135 e. The third kappa shape index (κ3) is 2.48. The first kappa shape index (κ1) is 12.1. The maximum atomic E-state index is 5.74. The van der Waals surface area contributed by atoms with Gasteiger partial charge >= 0.3 is 0 Å². The largest absolute Gasteiger partial charge is 0.495 e. The van der Waals surface area contributed by atoms with Crippen LogP contribution >= 0.6 is 15.9 Å². The third-order valence-electron chi connectivity index (χ3n) is 2.38. The van der Waals surface area contributed by atoms with Gasteiger partial charge in [-0.3, -0.25) is 0 Å². The van der Waals surface area contributed by atoms with E-state index in [-0.39, 0.29) is 6.04 Å².